The number of hydrogen-bond donors (Lipinski definition) is 2. The van der Waals surface area contributed by atoms with Crippen molar-refractivity contribution < 1.29 is 19.1 Å². The molecule has 0 saturated heterocycles. The molecule has 7 heteroatoms. The fourth-order valence-electron chi connectivity index (χ4n) is 1.99. The quantitative estimate of drug-likeness (QED) is 0.643. The van der Waals surface area contributed by atoms with Crippen LogP contribution in [-0.2, 0) is 9.59 Å². The van der Waals surface area contributed by atoms with E-state index < -0.39 is 11.8 Å². The van der Waals surface area contributed by atoms with Gasteiger partial charge in [0.1, 0.15) is 0 Å². The van der Waals surface area contributed by atoms with Crippen molar-refractivity contribution in [1.29, 1.82) is 0 Å². The largest absolute Gasteiger partial charge is 0.493 e. The van der Waals surface area contributed by atoms with Crippen LogP contribution in [0, 0.1) is 0 Å². The molecule has 0 aromatic heterocycles. The van der Waals surface area contributed by atoms with E-state index in [1.165, 1.54) is 14.2 Å². The summed E-state index contributed by atoms with van der Waals surface area (Å²) in [7, 11) is 3.02. The maximum absolute atomic E-state index is 12.0. The second-order valence-corrected chi connectivity index (χ2v) is 5.59. The lowest BCUT2D eigenvalue weighted by molar-refractivity contribution is -0.133. The number of benzene rings is 2. The Labute approximate surface area is 144 Å². The molecular formula is C17H18N2O4S. The SMILES string of the molecule is COc1ccc(NC(=O)C(=O)Nc2cccc(SC)c2)cc1OC. The molecule has 2 aromatic rings. The van der Waals surface area contributed by atoms with Crippen molar-refractivity contribution in [2.24, 2.45) is 0 Å². The van der Waals surface area contributed by atoms with Crippen LogP contribution < -0.4 is 20.1 Å². The molecule has 24 heavy (non-hydrogen) atoms. The van der Waals surface area contributed by atoms with Gasteiger partial charge in [-0.1, -0.05) is 6.07 Å². The van der Waals surface area contributed by atoms with E-state index in [0.717, 1.165) is 4.90 Å². The van der Waals surface area contributed by atoms with Crippen molar-refractivity contribution in [3.8, 4) is 11.5 Å². The summed E-state index contributed by atoms with van der Waals surface area (Å²) in [5.74, 6) is -0.517. The van der Waals surface area contributed by atoms with E-state index in [4.69, 9.17) is 9.47 Å². The van der Waals surface area contributed by atoms with Gasteiger partial charge >= 0.3 is 11.8 Å². The van der Waals surface area contributed by atoms with Crippen LogP contribution in [0.3, 0.4) is 0 Å². The normalized spacial score (nSPS) is 9.96. The van der Waals surface area contributed by atoms with Gasteiger partial charge in [0, 0.05) is 22.3 Å². The van der Waals surface area contributed by atoms with Crippen LogP contribution in [-0.4, -0.2) is 32.3 Å². The van der Waals surface area contributed by atoms with Gasteiger partial charge in [-0.05, 0) is 36.6 Å². The maximum Gasteiger partial charge on any atom is 0.314 e. The van der Waals surface area contributed by atoms with Gasteiger partial charge in [-0.25, -0.2) is 0 Å². The molecule has 2 rings (SSSR count). The highest BCUT2D eigenvalue weighted by molar-refractivity contribution is 7.98. The van der Waals surface area contributed by atoms with E-state index in [2.05, 4.69) is 10.6 Å². The Morgan fingerprint density at radius 1 is 0.875 bits per heavy atom. The van der Waals surface area contributed by atoms with Gasteiger partial charge in [0.2, 0.25) is 0 Å². The molecule has 126 valence electrons. The molecule has 0 heterocycles. The van der Waals surface area contributed by atoms with E-state index in [9.17, 15) is 9.59 Å². The monoisotopic (exact) mass is 346 g/mol. The van der Waals surface area contributed by atoms with Gasteiger partial charge < -0.3 is 20.1 Å². The first-order valence-corrected chi connectivity index (χ1v) is 8.28. The Kier molecular flexibility index (Phi) is 6.08. The highest BCUT2D eigenvalue weighted by Gasteiger charge is 2.15. The van der Waals surface area contributed by atoms with Crippen LogP contribution in [0.5, 0.6) is 11.5 Å². The van der Waals surface area contributed by atoms with Gasteiger partial charge in [0.25, 0.3) is 0 Å². The molecule has 2 N–H and O–H groups in total. The van der Waals surface area contributed by atoms with E-state index in [1.807, 2.05) is 18.4 Å². The van der Waals surface area contributed by atoms with Crippen molar-refractivity contribution in [3.05, 3.63) is 42.5 Å². The van der Waals surface area contributed by atoms with Crippen molar-refractivity contribution in [3.63, 3.8) is 0 Å². The molecule has 0 aliphatic carbocycles. The fraction of sp³-hybridized carbons (Fsp3) is 0.176. The van der Waals surface area contributed by atoms with Crippen LogP contribution in [0.15, 0.2) is 47.4 Å². The molecule has 2 aromatic carbocycles. The number of carbonyl (C=O) groups excluding carboxylic acids is 2. The van der Waals surface area contributed by atoms with Crippen LogP contribution in [0.25, 0.3) is 0 Å². The molecule has 0 aliphatic rings. The first kappa shape index (κ1) is 17.7. The van der Waals surface area contributed by atoms with E-state index in [0.29, 0.717) is 22.9 Å². The minimum atomic E-state index is -0.767. The van der Waals surface area contributed by atoms with Gasteiger partial charge in [-0.15, -0.1) is 11.8 Å². The number of anilines is 2. The Morgan fingerprint density at radius 3 is 2.08 bits per heavy atom. The number of methoxy groups -OCH3 is 2. The molecule has 0 radical (unpaired) electrons. The Morgan fingerprint density at radius 2 is 1.50 bits per heavy atom. The van der Waals surface area contributed by atoms with Crippen molar-refractivity contribution in [1.82, 2.24) is 0 Å². The Hall–Kier alpha value is -2.67. The number of amides is 2. The molecule has 0 saturated carbocycles. The molecule has 0 bridgehead atoms. The molecule has 6 nitrogen and oxygen atoms in total. The lowest BCUT2D eigenvalue weighted by Gasteiger charge is -2.11. The lowest BCUT2D eigenvalue weighted by atomic mass is 10.2. The summed E-state index contributed by atoms with van der Waals surface area (Å²) in [6.45, 7) is 0. The first-order chi connectivity index (χ1) is 11.6. The molecule has 0 fully saturated rings. The van der Waals surface area contributed by atoms with Crippen LogP contribution in [0.1, 0.15) is 0 Å². The van der Waals surface area contributed by atoms with E-state index in [-0.39, 0.29) is 0 Å². The number of nitrogens with one attached hydrogen (secondary N) is 2. The third-order valence-corrected chi connectivity index (χ3v) is 3.90. The summed E-state index contributed by atoms with van der Waals surface area (Å²) in [6, 6.07) is 12.1. The van der Waals surface area contributed by atoms with E-state index in [1.54, 1.807) is 42.1 Å². The van der Waals surface area contributed by atoms with Crippen LogP contribution in [0.4, 0.5) is 11.4 Å². The lowest BCUT2D eigenvalue weighted by Crippen LogP contribution is -2.29. The van der Waals surface area contributed by atoms with Gasteiger partial charge in [-0.2, -0.15) is 0 Å². The predicted molar refractivity (Wildman–Crippen MR) is 95.0 cm³/mol. The Balaban J connectivity index is 2.04. The molecule has 0 unspecified atom stereocenters. The summed E-state index contributed by atoms with van der Waals surface area (Å²) >= 11 is 1.55. The predicted octanol–water partition coefficient (Wildman–Crippen LogP) is 3.00. The summed E-state index contributed by atoms with van der Waals surface area (Å²) in [5, 5.41) is 5.09. The van der Waals surface area contributed by atoms with Gasteiger partial charge in [-0.3, -0.25) is 9.59 Å². The fourth-order valence-corrected chi connectivity index (χ4v) is 2.45. The van der Waals surface area contributed by atoms with Crippen molar-refractivity contribution in [2.75, 3.05) is 31.1 Å². The zero-order valence-corrected chi connectivity index (χ0v) is 14.4. The minimum absolute atomic E-state index is 0.436. The van der Waals surface area contributed by atoms with Crippen molar-refractivity contribution in [2.45, 2.75) is 4.90 Å². The smallest absolute Gasteiger partial charge is 0.314 e. The first-order valence-electron chi connectivity index (χ1n) is 7.05. The second-order valence-electron chi connectivity index (χ2n) is 4.71. The van der Waals surface area contributed by atoms with Crippen LogP contribution >= 0.6 is 11.8 Å². The average Bonchev–Trinajstić information content (AvgIpc) is 2.61. The highest BCUT2D eigenvalue weighted by Crippen LogP contribution is 2.29. The summed E-state index contributed by atoms with van der Waals surface area (Å²) in [6.07, 6.45) is 1.94. The van der Waals surface area contributed by atoms with Crippen molar-refractivity contribution >= 4 is 35.0 Å². The maximum atomic E-state index is 12.0. The van der Waals surface area contributed by atoms with Gasteiger partial charge in [0.05, 0.1) is 14.2 Å². The summed E-state index contributed by atoms with van der Waals surface area (Å²) < 4.78 is 10.3. The zero-order chi connectivity index (χ0) is 17.5. The third-order valence-electron chi connectivity index (χ3n) is 3.18. The summed E-state index contributed by atoms with van der Waals surface area (Å²) in [5.41, 5.74) is 1.000. The minimum Gasteiger partial charge on any atom is -0.493 e. The number of rotatable bonds is 5. The summed E-state index contributed by atoms with van der Waals surface area (Å²) in [4.78, 5) is 25.0. The van der Waals surface area contributed by atoms with Crippen LogP contribution in [0.2, 0.25) is 0 Å². The molecular weight excluding hydrogens is 328 g/mol. The molecule has 0 spiro atoms. The average molecular weight is 346 g/mol. The molecule has 2 amide bonds. The molecule has 0 atom stereocenters. The molecule has 0 aliphatic heterocycles. The topological polar surface area (TPSA) is 76.7 Å². The standard InChI is InChI=1S/C17H18N2O4S/c1-22-14-8-7-12(10-15(14)23-2)19-17(21)16(20)18-11-5-4-6-13(9-11)24-3/h4-10H,1-3H3,(H,18,20)(H,19,21). The number of carbonyl (C=O) groups is 2. The van der Waals surface area contributed by atoms with Gasteiger partial charge in [0.15, 0.2) is 11.5 Å². The third kappa shape index (κ3) is 4.42. The highest BCUT2D eigenvalue weighted by atomic mass is 32.2. The zero-order valence-electron chi connectivity index (χ0n) is 13.6. The Bertz CT molecular complexity index is 749. The number of thioether (sulfide) groups is 1. The van der Waals surface area contributed by atoms with E-state index >= 15 is 0 Å². The second kappa shape index (κ2) is 8.26. The number of ether oxygens (including phenoxy) is 2. The number of hydrogen-bond acceptors (Lipinski definition) is 5.